The van der Waals surface area contributed by atoms with Gasteiger partial charge in [0, 0.05) is 51.0 Å². The predicted octanol–water partition coefficient (Wildman–Crippen LogP) is 0.661. The van der Waals surface area contributed by atoms with Gasteiger partial charge in [0.25, 0.3) is 0 Å². The van der Waals surface area contributed by atoms with Gasteiger partial charge in [0.15, 0.2) is 0 Å². The maximum atomic E-state index is 12.4. The largest absolute Gasteiger partial charge is 0.389 e. The summed E-state index contributed by atoms with van der Waals surface area (Å²) in [6.07, 6.45) is 3.54. The molecule has 1 aliphatic heterocycles. The van der Waals surface area contributed by atoms with Crippen molar-refractivity contribution in [1.29, 1.82) is 0 Å². The molecule has 0 unspecified atom stereocenters. The lowest BCUT2D eigenvalue weighted by atomic mass is 10.2. The Morgan fingerprint density at radius 2 is 1.96 bits per heavy atom. The van der Waals surface area contributed by atoms with Crippen LogP contribution in [0.25, 0.3) is 0 Å². The fourth-order valence-corrected chi connectivity index (χ4v) is 3.05. The van der Waals surface area contributed by atoms with E-state index >= 15 is 0 Å². The molecule has 1 aliphatic rings. The average molecular weight is 361 g/mol. The van der Waals surface area contributed by atoms with Crippen molar-refractivity contribution in [2.24, 2.45) is 0 Å². The highest BCUT2D eigenvalue weighted by molar-refractivity contribution is 5.76. The summed E-state index contributed by atoms with van der Waals surface area (Å²) < 4.78 is 3.25. The predicted molar refractivity (Wildman–Crippen MR) is 93.4 cm³/mol. The van der Waals surface area contributed by atoms with Crippen LogP contribution in [0, 0.1) is 17.0 Å². The number of hydrogen-bond acceptors (Lipinski definition) is 6. The van der Waals surface area contributed by atoms with Crippen LogP contribution in [0.15, 0.2) is 18.5 Å². The van der Waals surface area contributed by atoms with Gasteiger partial charge in [0.05, 0.1) is 23.1 Å². The second kappa shape index (κ2) is 7.65. The summed E-state index contributed by atoms with van der Waals surface area (Å²) in [6, 6.07) is 1.30. The molecule has 0 N–H and O–H groups in total. The number of carbonyl (C=O) groups is 1. The van der Waals surface area contributed by atoms with Crippen LogP contribution in [0.5, 0.6) is 0 Å². The third-order valence-electron chi connectivity index (χ3n) is 4.60. The van der Waals surface area contributed by atoms with Crippen molar-refractivity contribution in [2.75, 3.05) is 26.2 Å². The Labute approximate surface area is 151 Å². The van der Waals surface area contributed by atoms with E-state index in [9.17, 15) is 14.9 Å². The minimum atomic E-state index is -0.567. The van der Waals surface area contributed by atoms with Gasteiger partial charge >= 0.3 is 5.82 Å². The van der Waals surface area contributed by atoms with Gasteiger partial charge < -0.3 is 15.0 Å². The van der Waals surface area contributed by atoms with E-state index in [0.717, 1.165) is 31.9 Å². The number of piperazine rings is 1. The van der Waals surface area contributed by atoms with Crippen molar-refractivity contribution in [1.82, 2.24) is 29.4 Å². The van der Waals surface area contributed by atoms with Crippen LogP contribution in [-0.4, -0.2) is 66.4 Å². The van der Waals surface area contributed by atoms with Crippen LogP contribution in [0.2, 0.25) is 0 Å². The van der Waals surface area contributed by atoms with E-state index in [-0.39, 0.29) is 18.3 Å². The van der Waals surface area contributed by atoms with Crippen molar-refractivity contribution in [3.8, 4) is 0 Å². The molecule has 140 valence electrons. The third kappa shape index (κ3) is 4.07. The smallest absolute Gasteiger partial charge is 0.358 e. The van der Waals surface area contributed by atoms with Crippen LogP contribution in [-0.2, 0) is 24.4 Å². The van der Waals surface area contributed by atoms with E-state index in [1.165, 1.54) is 22.5 Å². The number of nitro groups is 1. The van der Waals surface area contributed by atoms with Crippen molar-refractivity contribution < 1.29 is 9.72 Å². The van der Waals surface area contributed by atoms with E-state index in [2.05, 4.69) is 28.2 Å². The summed E-state index contributed by atoms with van der Waals surface area (Å²) >= 11 is 0. The van der Waals surface area contributed by atoms with Gasteiger partial charge in [-0.2, -0.15) is 9.78 Å². The first-order chi connectivity index (χ1) is 12.5. The molecule has 10 heteroatoms. The van der Waals surface area contributed by atoms with Gasteiger partial charge in [0.1, 0.15) is 6.54 Å². The molecule has 2 aromatic rings. The van der Waals surface area contributed by atoms with E-state index in [4.69, 9.17) is 0 Å². The van der Waals surface area contributed by atoms with E-state index in [1.54, 1.807) is 4.90 Å². The fourth-order valence-electron chi connectivity index (χ4n) is 3.05. The molecule has 3 rings (SSSR count). The molecule has 1 fully saturated rings. The first-order valence-corrected chi connectivity index (χ1v) is 8.67. The summed E-state index contributed by atoms with van der Waals surface area (Å²) in [5.41, 5.74) is 2.26. The Bertz CT molecular complexity index is 790. The van der Waals surface area contributed by atoms with Gasteiger partial charge in [0.2, 0.25) is 5.91 Å². The topological polar surface area (TPSA) is 102 Å². The minimum Gasteiger partial charge on any atom is -0.358 e. The molecule has 0 aromatic carbocycles. The molecule has 0 radical (unpaired) electrons. The highest BCUT2D eigenvalue weighted by Crippen LogP contribution is 2.12. The summed E-state index contributed by atoms with van der Waals surface area (Å²) in [7, 11) is 0. The third-order valence-corrected chi connectivity index (χ3v) is 4.60. The van der Waals surface area contributed by atoms with E-state index in [1.807, 2.05) is 11.6 Å². The highest BCUT2D eigenvalue weighted by atomic mass is 16.6. The van der Waals surface area contributed by atoms with Gasteiger partial charge in [-0.1, -0.05) is 0 Å². The molecular weight excluding hydrogens is 338 g/mol. The first-order valence-electron chi connectivity index (χ1n) is 8.67. The monoisotopic (exact) mass is 361 g/mol. The van der Waals surface area contributed by atoms with E-state index in [0.29, 0.717) is 13.1 Å². The second-order valence-electron chi connectivity index (χ2n) is 6.38. The molecule has 2 aromatic heterocycles. The maximum Gasteiger partial charge on any atom is 0.389 e. The lowest BCUT2D eigenvalue weighted by Gasteiger charge is -2.34. The Morgan fingerprint density at radius 3 is 2.54 bits per heavy atom. The number of hydrogen-bond donors (Lipinski definition) is 0. The summed E-state index contributed by atoms with van der Waals surface area (Å²) in [6.45, 7) is 8.67. The lowest BCUT2D eigenvalue weighted by Crippen LogP contribution is -2.49. The molecule has 0 atom stereocenters. The van der Waals surface area contributed by atoms with Crippen molar-refractivity contribution in [2.45, 2.75) is 33.5 Å². The highest BCUT2D eigenvalue weighted by Gasteiger charge is 2.23. The summed E-state index contributed by atoms with van der Waals surface area (Å²) in [5.74, 6) is -0.316. The molecule has 10 nitrogen and oxygen atoms in total. The molecule has 0 bridgehead atoms. The molecule has 0 spiro atoms. The number of aryl methyl sites for hydroxylation is 2. The standard InChI is InChI=1S/C16H23N7O3/c1-3-21-11-14(13(2)17-21)10-19-6-8-20(9-7-19)16(24)12-22-5-4-15(18-22)23(25)26/h4-5,11H,3,6-10,12H2,1-2H3. The molecule has 1 amide bonds. The Kier molecular flexibility index (Phi) is 5.31. The number of aromatic nitrogens is 4. The van der Waals surface area contributed by atoms with Crippen molar-refractivity contribution >= 4 is 11.7 Å². The lowest BCUT2D eigenvalue weighted by molar-refractivity contribution is -0.389. The zero-order valence-electron chi connectivity index (χ0n) is 15.0. The molecule has 3 heterocycles. The van der Waals surface area contributed by atoms with Gasteiger partial charge in [-0.25, -0.2) is 0 Å². The Balaban J connectivity index is 1.50. The Hall–Kier alpha value is -2.75. The number of nitrogens with zero attached hydrogens (tertiary/aromatic N) is 7. The van der Waals surface area contributed by atoms with Crippen molar-refractivity contribution in [3.05, 3.63) is 39.8 Å². The molecule has 0 saturated carbocycles. The van der Waals surface area contributed by atoms with Crippen LogP contribution in [0.4, 0.5) is 5.82 Å². The van der Waals surface area contributed by atoms with Crippen LogP contribution in [0.1, 0.15) is 18.2 Å². The van der Waals surface area contributed by atoms with Gasteiger partial charge in [-0.3, -0.25) is 14.4 Å². The van der Waals surface area contributed by atoms with Gasteiger partial charge in [-0.15, -0.1) is 0 Å². The zero-order chi connectivity index (χ0) is 18.7. The number of rotatable bonds is 6. The van der Waals surface area contributed by atoms with Crippen LogP contribution >= 0.6 is 0 Å². The zero-order valence-corrected chi connectivity index (χ0v) is 15.0. The average Bonchev–Trinajstić information content (AvgIpc) is 3.22. The maximum absolute atomic E-state index is 12.4. The normalized spacial score (nSPS) is 15.4. The summed E-state index contributed by atoms with van der Waals surface area (Å²) in [5, 5.41) is 18.9. The molecule has 0 aliphatic carbocycles. The molecular formula is C16H23N7O3. The van der Waals surface area contributed by atoms with Crippen molar-refractivity contribution in [3.63, 3.8) is 0 Å². The minimum absolute atomic E-state index is 0.0240. The van der Waals surface area contributed by atoms with Crippen LogP contribution in [0.3, 0.4) is 0 Å². The summed E-state index contributed by atoms with van der Waals surface area (Å²) in [4.78, 5) is 26.6. The number of amides is 1. The quantitative estimate of drug-likeness (QED) is 0.553. The molecule has 1 saturated heterocycles. The van der Waals surface area contributed by atoms with Crippen LogP contribution < -0.4 is 0 Å². The first kappa shape index (κ1) is 18.1. The number of carbonyl (C=O) groups excluding carboxylic acids is 1. The second-order valence-corrected chi connectivity index (χ2v) is 6.38. The SMILES string of the molecule is CCn1cc(CN2CCN(C(=O)Cn3ccc([N+](=O)[O-])n3)CC2)c(C)n1. The fraction of sp³-hybridized carbons (Fsp3) is 0.562. The Morgan fingerprint density at radius 1 is 1.23 bits per heavy atom. The van der Waals surface area contributed by atoms with Gasteiger partial charge in [-0.05, 0) is 18.8 Å². The van der Waals surface area contributed by atoms with E-state index < -0.39 is 4.92 Å². The molecule has 26 heavy (non-hydrogen) atoms.